The number of para-hydroxylation sites is 1. The Bertz CT molecular complexity index is 1050. The fourth-order valence-corrected chi connectivity index (χ4v) is 2.63. The van der Waals surface area contributed by atoms with Gasteiger partial charge < -0.3 is 19.8 Å². The second kappa shape index (κ2) is 8.13. The van der Waals surface area contributed by atoms with Crippen LogP contribution in [0.2, 0.25) is 0 Å². The van der Waals surface area contributed by atoms with Crippen LogP contribution in [0.25, 0.3) is 11.0 Å². The molecule has 0 aliphatic rings. The van der Waals surface area contributed by atoms with Gasteiger partial charge in [0.1, 0.15) is 5.58 Å². The molecular formula is C19H15F3N2O4. The van der Waals surface area contributed by atoms with E-state index in [0.717, 1.165) is 6.07 Å². The van der Waals surface area contributed by atoms with Gasteiger partial charge in [-0.05, 0) is 18.2 Å². The molecule has 2 amide bonds. The summed E-state index contributed by atoms with van der Waals surface area (Å²) in [6.07, 6.45) is 0. The van der Waals surface area contributed by atoms with E-state index in [2.05, 4.69) is 10.6 Å². The molecule has 146 valence electrons. The van der Waals surface area contributed by atoms with Crippen LogP contribution in [0.3, 0.4) is 0 Å². The Morgan fingerprint density at radius 1 is 1.07 bits per heavy atom. The molecule has 0 aliphatic carbocycles. The maximum Gasteiger partial charge on any atom is 0.287 e. The Labute approximate surface area is 157 Å². The summed E-state index contributed by atoms with van der Waals surface area (Å²) in [5, 5.41) is 5.09. The van der Waals surface area contributed by atoms with E-state index in [4.69, 9.17) is 9.15 Å². The minimum atomic E-state index is -1.70. The Morgan fingerprint density at radius 2 is 1.82 bits per heavy atom. The molecule has 3 aromatic rings. The number of furan rings is 1. The van der Waals surface area contributed by atoms with Crippen LogP contribution in [0.5, 0.6) is 0 Å². The Morgan fingerprint density at radius 3 is 2.57 bits per heavy atom. The summed E-state index contributed by atoms with van der Waals surface area (Å²) in [5.41, 5.74) is 0.456. The van der Waals surface area contributed by atoms with Crippen molar-refractivity contribution in [2.45, 2.75) is 6.61 Å². The number of rotatable bonds is 6. The molecule has 0 atom stereocenters. The van der Waals surface area contributed by atoms with Gasteiger partial charge in [0.05, 0.1) is 18.8 Å². The quantitative estimate of drug-likeness (QED) is 0.631. The van der Waals surface area contributed by atoms with Crippen LogP contribution in [0.15, 0.2) is 40.8 Å². The number of benzene rings is 2. The Hall–Kier alpha value is -3.33. The van der Waals surface area contributed by atoms with Crippen molar-refractivity contribution in [3.05, 3.63) is 65.2 Å². The van der Waals surface area contributed by atoms with Crippen LogP contribution in [0, 0.1) is 17.5 Å². The molecule has 0 saturated heterocycles. The van der Waals surface area contributed by atoms with Crippen molar-refractivity contribution >= 4 is 28.5 Å². The fourth-order valence-electron chi connectivity index (χ4n) is 2.63. The SMILES string of the molecule is COCc1c(C(=O)NCC(=O)Nc2ccc(F)c(F)c2F)oc2ccccc12. The van der Waals surface area contributed by atoms with E-state index in [0.29, 0.717) is 22.6 Å². The second-order valence-corrected chi connectivity index (χ2v) is 5.79. The zero-order valence-corrected chi connectivity index (χ0v) is 14.6. The first-order valence-corrected chi connectivity index (χ1v) is 8.13. The van der Waals surface area contributed by atoms with E-state index in [1.54, 1.807) is 24.3 Å². The largest absolute Gasteiger partial charge is 0.451 e. The van der Waals surface area contributed by atoms with Crippen LogP contribution >= 0.6 is 0 Å². The zero-order chi connectivity index (χ0) is 20.3. The molecule has 0 radical (unpaired) electrons. The smallest absolute Gasteiger partial charge is 0.287 e. The van der Waals surface area contributed by atoms with Crippen LogP contribution in [0.4, 0.5) is 18.9 Å². The molecule has 0 fully saturated rings. The lowest BCUT2D eigenvalue weighted by atomic mass is 10.1. The first kappa shape index (κ1) is 19.4. The van der Waals surface area contributed by atoms with Gasteiger partial charge in [-0.2, -0.15) is 0 Å². The lowest BCUT2D eigenvalue weighted by molar-refractivity contribution is -0.115. The van der Waals surface area contributed by atoms with Crippen molar-refractivity contribution < 1.29 is 31.9 Å². The van der Waals surface area contributed by atoms with Crippen molar-refractivity contribution in [1.29, 1.82) is 0 Å². The first-order chi connectivity index (χ1) is 13.4. The number of fused-ring (bicyclic) bond motifs is 1. The van der Waals surface area contributed by atoms with E-state index in [-0.39, 0.29) is 12.4 Å². The molecular weight excluding hydrogens is 377 g/mol. The van der Waals surface area contributed by atoms with Crippen LogP contribution in [-0.4, -0.2) is 25.5 Å². The van der Waals surface area contributed by atoms with E-state index >= 15 is 0 Å². The molecule has 0 unspecified atom stereocenters. The summed E-state index contributed by atoms with van der Waals surface area (Å²) in [6.45, 7) is -0.424. The average molecular weight is 392 g/mol. The molecule has 0 bridgehead atoms. The summed E-state index contributed by atoms with van der Waals surface area (Å²) < 4.78 is 50.4. The summed E-state index contributed by atoms with van der Waals surface area (Å²) >= 11 is 0. The van der Waals surface area contributed by atoms with Gasteiger partial charge >= 0.3 is 0 Å². The number of ether oxygens (including phenoxy) is 1. The lowest BCUT2D eigenvalue weighted by Gasteiger charge is -2.08. The zero-order valence-electron chi connectivity index (χ0n) is 14.6. The molecule has 6 nitrogen and oxygen atoms in total. The monoisotopic (exact) mass is 392 g/mol. The van der Waals surface area contributed by atoms with E-state index < -0.39 is 41.5 Å². The molecule has 28 heavy (non-hydrogen) atoms. The standard InChI is InChI=1S/C19H15F3N2O4/c1-27-9-11-10-4-2-3-5-14(10)28-18(11)19(26)23-8-15(25)24-13-7-6-12(20)16(21)17(13)22/h2-7H,8-9H2,1H3,(H,23,26)(H,24,25). The minimum absolute atomic E-state index is 0.0187. The summed E-state index contributed by atoms with van der Waals surface area (Å²) in [4.78, 5) is 24.3. The molecule has 2 N–H and O–H groups in total. The number of hydrogen-bond donors (Lipinski definition) is 2. The lowest BCUT2D eigenvalue weighted by Crippen LogP contribution is -2.33. The number of hydrogen-bond acceptors (Lipinski definition) is 4. The fraction of sp³-hybridized carbons (Fsp3) is 0.158. The number of carbonyl (C=O) groups excluding carboxylic acids is 2. The van der Waals surface area contributed by atoms with Gasteiger partial charge in [0.25, 0.3) is 5.91 Å². The summed E-state index contributed by atoms with van der Waals surface area (Å²) in [6, 6.07) is 8.53. The highest BCUT2D eigenvalue weighted by atomic mass is 19.2. The van der Waals surface area contributed by atoms with Gasteiger partial charge in [-0.1, -0.05) is 18.2 Å². The summed E-state index contributed by atoms with van der Waals surface area (Å²) in [5.74, 6) is -6.13. The molecule has 0 aliphatic heterocycles. The van der Waals surface area contributed by atoms with E-state index in [1.165, 1.54) is 7.11 Å². The molecule has 0 saturated carbocycles. The van der Waals surface area contributed by atoms with Crippen molar-refractivity contribution in [1.82, 2.24) is 5.32 Å². The molecule has 2 aromatic carbocycles. The number of methoxy groups -OCH3 is 1. The van der Waals surface area contributed by atoms with Gasteiger partial charge in [-0.25, -0.2) is 13.2 Å². The van der Waals surface area contributed by atoms with E-state index in [1.807, 2.05) is 0 Å². The van der Waals surface area contributed by atoms with Crippen molar-refractivity contribution in [2.24, 2.45) is 0 Å². The number of halogens is 3. The van der Waals surface area contributed by atoms with E-state index in [9.17, 15) is 22.8 Å². The normalized spacial score (nSPS) is 10.9. The number of carbonyl (C=O) groups is 2. The number of amides is 2. The predicted octanol–water partition coefficient (Wildman–Crippen LogP) is 3.37. The maximum atomic E-state index is 13.6. The van der Waals surface area contributed by atoms with Crippen LogP contribution in [0.1, 0.15) is 16.1 Å². The van der Waals surface area contributed by atoms with Crippen molar-refractivity contribution in [3.63, 3.8) is 0 Å². The van der Waals surface area contributed by atoms with Gasteiger partial charge in [0.15, 0.2) is 23.2 Å². The number of anilines is 1. The third kappa shape index (κ3) is 3.84. The molecule has 0 spiro atoms. The Balaban J connectivity index is 1.70. The maximum absolute atomic E-state index is 13.6. The first-order valence-electron chi connectivity index (χ1n) is 8.13. The minimum Gasteiger partial charge on any atom is -0.451 e. The third-order valence-corrected chi connectivity index (χ3v) is 3.91. The van der Waals surface area contributed by atoms with Crippen molar-refractivity contribution in [2.75, 3.05) is 19.0 Å². The second-order valence-electron chi connectivity index (χ2n) is 5.79. The van der Waals surface area contributed by atoms with Crippen LogP contribution in [-0.2, 0) is 16.1 Å². The predicted molar refractivity (Wildman–Crippen MR) is 94.2 cm³/mol. The van der Waals surface area contributed by atoms with Crippen molar-refractivity contribution in [3.8, 4) is 0 Å². The van der Waals surface area contributed by atoms with Gasteiger partial charge in [0.2, 0.25) is 5.91 Å². The van der Waals surface area contributed by atoms with Gasteiger partial charge in [-0.15, -0.1) is 0 Å². The van der Waals surface area contributed by atoms with Crippen LogP contribution < -0.4 is 10.6 Å². The number of nitrogens with one attached hydrogen (secondary N) is 2. The van der Waals surface area contributed by atoms with Gasteiger partial charge in [-0.3, -0.25) is 9.59 Å². The highest BCUT2D eigenvalue weighted by Crippen LogP contribution is 2.26. The summed E-state index contributed by atoms with van der Waals surface area (Å²) in [7, 11) is 1.47. The molecule has 1 aromatic heterocycles. The third-order valence-electron chi connectivity index (χ3n) is 3.91. The average Bonchev–Trinajstić information content (AvgIpc) is 3.06. The topological polar surface area (TPSA) is 80.6 Å². The molecule has 1 heterocycles. The Kier molecular flexibility index (Phi) is 5.65. The highest BCUT2D eigenvalue weighted by Gasteiger charge is 2.21. The molecule has 3 rings (SSSR count). The highest BCUT2D eigenvalue weighted by molar-refractivity contribution is 6.01. The molecule has 9 heteroatoms. The van der Waals surface area contributed by atoms with Gasteiger partial charge in [0, 0.05) is 18.1 Å².